The van der Waals surface area contributed by atoms with Gasteiger partial charge in [0.1, 0.15) is 18.3 Å². The van der Waals surface area contributed by atoms with Crippen LogP contribution in [-0.2, 0) is 20.0 Å². The van der Waals surface area contributed by atoms with Crippen molar-refractivity contribution in [3.05, 3.63) is 95.8 Å². The Labute approximate surface area is 189 Å². The van der Waals surface area contributed by atoms with E-state index in [1.165, 1.54) is 11.9 Å². The summed E-state index contributed by atoms with van der Waals surface area (Å²) in [4.78, 5) is 25.2. The second kappa shape index (κ2) is 8.54. The van der Waals surface area contributed by atoms with E-state index in [0.717, 1.165) is 23.4 Å². The Morgan fingerprint density at radius 1 is 1.00 bits per heavy atom. The lowest BCUT2D eigenvalue weighted by Gasteiger charge is -2.07. The smallest absolute Gasteiger partial charge is 0.272 e. The normalized spacial score (nSPS) is 11.1. The molecule has 33 heavy (non-hydrogen) atoms. The van der Waals surface area contributed by atoms with Crippen LogP contribution < -0.4 is 11.1 Å². The highest BCUT2D eigenvalue weighted by Crippen LogP contribution is 2.19. The van der Waals surface area contributed by atoms with E-state index < -0.39 is 0 Å². The number of carbonyl (C=O) groups excluding carboxylic acids is 1. The van der Waals surface area contributed by atoms with Gasteiger partial charge in [-0.1, -0.05) is 42.5 Å². The fraction of sp³-hybridized carbons (Fsp3) is 0.125. The van der Waals surface area contributed by atoms with E-state index in [2.05, 4.69) is 37.5 Å². The second-order valence-electron chi connectivity index (χ2n) is 7.70. The minimum Gasteiger partial charge on any atom is -0.382 e. The molecule has 0 bridgehead atoms. The topological polar surface area (TPSA) is 117 Å². The molecule has 0 radical (unpaired) electrons. The van der Waals surface area contributed by atoms with Gasteiger partial charge in [0.15, 0.2) is 17.0 Å². The van der Waals surface area contributed by atoms with Gasteiger partial charge in [-0.05, 0) is 29.3 Å². The molecule has 0 unspecified atom stereocenters. The summed E-state index contributed by atoms with van der Waals surface area (Å²) >= 11 is 0. The summed E-state index contributed by atoms with van der Waals surface area (Å²) in [5, 5.41) is 7.31. The van der Waals surface area contributed by atoms with E-state index in [1.54, 1.807) is 11.0 Å². The first kappa shape index (κ1) is 20.4. The summed E-state index contributed by atoms with van der Waals surface area (Å²) in [6.07, 6.45) is 3.81. The third-order valence-electron chi connectivity index (χ3n) is 5.47. The average molecular weight is 438 g/mol. The Balaban J connectivity index is 1.25. The minimum atomic E-state index is -0.207. The van der Waals surface area contributed by atoms with Crippen molar-refractivity contribution in [2.24, 2.45) is 7.05 Å². The van der Waals surface area contributed by atoms with E-state index in [-0.39, 0.29) is 5.91 Å². The van der Waals surface area contributed by atoms with Crippen LogP contribution >= 0.6 is 0 Å². The molecule has 3 aromatic heterocycles. The monoisotopic (exact) mass is 438 g/mol. The van der Waals surface area contributed by atoms with Crippen molar-refractivity contribution in [2.45, 2.75) is 13.0 Å². The molecule has 5 aromatic rings. The average Bonchev–Trinajstić information content (AvgIpc) is 3.43. The van der Waals surface area contributed by atoms with E-state index >= 15 is 0 Å². The molecule has 0 fully saturated rings. The predicted molar refractivity (Wildman–Crippen MR) is 125 cm³/mol. The van der Waals surface area contributed by atoms with Gasteiger partial charge in [0.05, 0.1) is 0 Å². The van der Waals surface area contributed by atoms with Crippen LogP contribution in [0.1, 0.15) is 27.3 Å². The molecule has 0 spiro atoms. The van der Waals surface area contributed by atoms with Gasteiger partial charge in [-0.25, -0.2) is 15.0 Å². The Kier molecular flexibility index (Phi) is 5.27. The van der Waals surface area contributed by atoms with Gasteiger partial charge < -0.3 is 11.1 Å². The number of nitrogens with one attached hydrogen (secondary N) is 1. The third-order valence-corrected chi connectivity index (χ3v) is 5.47. The van der Waals surface area contributed by atoms with Gasteiger partial charge >= 0.3 is 0 Å². The first-order valence-electron chi connectivity index (χ1n) is 10.5. The number of nitrogen functional groups attached to an aromatic ring is 1. The lowest BCUT2D eigenvalue weighted by molar-refractivity contribution is 0.0945. The zero-order valence-electron chi connectivity index (χ0n) is 18.0. The van der Waals surface area contributed by atoms with Gasteiger partial charge in [0.25, 0.3) is 5.91 Å². The summed E-state index contributed by atoms with van der Waals surface area (Å²) in [7, 11) is 1.85. The van der Waals surface area contributed by atoms with Crippen LogP contribution in [0.5, 0.6) is 0 Å². The van der Waals surface area contributed by atoms with Crippen molar-refractivity contribution in [3.63, 3.8) is 0 Å². The zero-order valence-corrected chi connectivity index (χ0v) is 18.0. The fourth-order valence-corrected chi connectivity index (χ4v) is 3.68. The zero-order chi connectivity index (χ0) is 22.8. The van der Waals surface area contributed by atoms with Crippen LogP contribution in [0, 0.1) is 0 Å². The van der Waals surface area contributed by atoms with Crippen LogP contribution in [0.4, 0.5) is 5.82 Å². The van der Waals surface area contributed by atoms with E-state index in [9.17, 15) is 4.79 Å². The molecule has 9 nitrogen and oxygen atoms in total. The maximum absolute atomic E-state index is 12.6. The number of amides is 1. The highest BCUT2D eigenvalue weighted by molar-refractivity contribution is 5.92. The van der Waals surface area contributed by atoms with Crippen LogP contribution in [0.25, 0.3) is 16.9 Å². The van der Waals surface area contributed by atoms with Crippen molar-refractivity contribution < 1.29 is 4.79 Å². The number of rotatable bonds is 6. The van der Waals surface area contributed by atoms with E-state index in [4.69, 9.17) is 5.73 Å². The van der Waals surface area contributed by atoms with Crippen molar-refractivity contribution in [1.29, 1.82) is 0 Å². The van der Waals surface area contributed by atoms with Crippen molar-refractivity contribution in [1.82, 2.24) is 34.6 Å². The number of anilines is 1. The Morgan fingerprint density at radius 2 is 1.79 bits per heavy atom. The molecule has 164 valence electrons. The molecular weight excluding hydrogens is 416 g/mol. The maximum atomic E-state index is 12.6. The van der Waals surface area contributed by atoms with Crippen LogP contribution in [0.15, 0.2) is 73.3 Å². The molecule has 1 amide bonds. The van der Waals surface area contributed by atoms with Crippen molar-refractivity contribution in [2.75, 3.05) is 5.73 Å². The molecule has 5 rings (SSSR count). The highest BCUT2D eigenvalue weighted by Gasteiger charge is 2.13. The van der Waals surface area contributed by atoms with Gasteiger partial charge in [-0.2, -0.15) is 5.10 Å². The van der Waals surface area contributed by atoms with Gasteiger partial charge in [0, 0.05) is 31.4 Å². The quantitative estimate of drug-likeness (QED) is 0.421. The number of aryl methyl sites for hydroxylation is 1. The summed E-state index contributed by atoms with van der Waals surface area (Å²) in [5.74, 6) is 0.140. The summed E-state index contributed by atoms with van der Waals surface area (Å²) < 4.78 is 3.60. The number of hydrogen-bond donors (Lipinski definition) is 2. The molecule has 0 aliphatic heterocycles. The molecule has 9 heteroatoms. The molecule has 0 aliphatic rings. The molecule has 0 aliphatic carbocycles. The number of benzene rings is 2. The molecule has 0 atom stereocenters. The standard InChI is InChI=1S/C24H22N8O/c1-31-19(11-16-5-3-2-4-6-16)12-20(30-31)24(33)26-13-17-7-9-18(10-8-17)32-15-29-21-22(25)27-14-28-23(21)32/h2-10,12,14-15H,11,13H2,1H3,(H,26,33)(H2,25,27,28). The predicted octanol–water partition coefficient (Wildman–Crippen LogP) is 2.65. The summed E-state index contributed by atoms with van der Waals surface area (Å²) in [6, 6.07) is 19.7. The van der Waals surface area contributed by atoms with Crippen LogP contribution in [0.2, 0.25) is 0 Å². The third kappa shape index (κ3) is 4.16. The fourth-order valence-electron chi connectivity index (χ4n) is 3.68. The van der Waals surface area contributed by atoms with Crippen LogP contribution in [0.3, 0.4) is 0 Å². The number of hydrogen-bond acceptors (Lipinski definition) is 6. The second-order valence-corrected chi connectivity index (χ2v) is 7.70. The van der Waals surface area contributed by atoms with Gasteiger partial charge in [0.2, 0.25) is 0 Å². The molecular formula is C24H22N8O. The SMILES string of the molecule is Cn1nc(C(=O)NCc2ccc(-n3cnc4c(N)ncnc43)cc2)cc1Cc1ccccc1. The number of fused-ring (bicyclic) bond motifs is 1. The van der Waals surface area contributed by atoms with Gasteiger partial charge in [-0.15, -0.1) is 0 Å². The molecule has 0 saturated heterocycles. The number of imidazole rings is 1. The summed E-state index contributed by atoms with van der Waals surface area (Å²) in [5.41, 5.74) is 11.5. The van der Waals surface area contributed by atoms with E-state index in [1.807, 2.05) is 60.1 Å². The number of nitrogens with zero attached hydrogens (tertiary/aromatic N) is 6. The first-order valence-corrected chi connectivity index (χ1v) is 10.5. The lowest BCUT2D eigenvalue weighted by Crippen LogP contribution is -2.23. The lowest BCUT2D eigenvalue weighted by atomic mass is 10.1. The molecule has 2 aromatic carbocycles. The van der Waals surface area contributed by atoms with Crippen molar-refractivity contribution >= 4 is 22.9 Å². The Bertz CT molecular complexity index is 1420. The number of carbonyl (C=O) groups is 1. The Hall–Kier alpha value is -4.53. The molecule has 3 N–H and O–H groups in total. The van der Waals surface area contributed by atoms with Crippen LogP contribution in [-0.4, -0.2) is 35.2 Å². The minimum absolute atomic E-state index is 0.207. The van der Waals surface area contributed by atoms with Gasteiger partial charge in [-0.3, -0.25) is 14.0 Å². The maximum Gasteiger partial charge on any atom is 0.272 e. The largest absolute Gasteiger partial charge is 0.382 e. The first-order chi connectivity index (χ1) is 16.1. The molecule has 0 saturated carbocycles. The highest BCUT2D eigenvalue weighted by atomic mass is 16.1. The Morgan fingerprint density at radius 3 is 2.58 bits per heavy atom. The van der Waals surface area contributed by atoms with E-state index in [0.29, 0.717) is 29.2 Å². The molecule has 3 heterocycles. The number of aromatic nitrogens is 6. The summed E-state index contributed by atoms with van der Waals surface area (Å²) in [6.45, 7) is 0.392. The number of nitrogens with two attached hydrogens (primary N) is 1. The van der Waals surface area contributed by atoms with Crippen molar-refractivity contribution in [3.8, 4) is 5.69 Å².